The Bertz CT molecular complexity index is 1260. The van der Waals surface area contributed by atoms with Crippen LogP contribution in [-0.4, -0.2) is 21.5 Å². The zero-order chi connectivity index (χ0) is 22.5. The topological polar surface area (TPSA) is 61.3 Å². The number of H-pyrrole nitrogens is 1. The van der Waals surface area contributed by atoms with E-state index in [0.29, 0.717) is 30.3 Å². The van der Waals surface area contributed by atoms with E-state index in [2.05, 4.69) is 41.5 Å². The summed E-state index contributed by atoms with van der Waals surface area (Å²) in [5.41, 5.74) is 4.93. The van der Waals surface area contributed by atoms with Gasteiger partial charge in [0.25, 0.3) is 5.56 Å². The van der Waals surface area contributed by atoms with Crippen molar-refractivity contribution >= 4 is 28.2 Å². The van der Waals surface area contributed by atoms with E-state index < -0.39 is 0 Å². The van der Waals surface area contributed by atoms with Crippen molar-refractivity contribution in [3.8, 4) is 0 Å². The molecule has 2 heterocycles. The Morgan fingerprint density at radius 3 is 2.62 bits per heavy atom. The van der Waals surface area contributed by atoms with Gasteiger partial charge in [-0.25, -0.2) is 0 Å². The van der Waals surface area contributed by atoms with Crippen LogP contribution in [0, 0.1) is 13.8 Å². The van der Waals surface area contributed by atoms with E-state index in [1.54, 1.807) is 6.26 Å². The van der Waals surface area contributed by atoms with E-state index in [1.165, 1.54) is 11.1 Å². The van der Waals surface area contributed by atoms with Crippen LogP contribution in [0.25, 0.3) is 10.9 Å². The first-order valence-corrected chi connectivity index (χ1v) is 11.1. The average molecular weight is 446 g/mol. The van der Waals surface area contributed by atoms with Crippen molar-refractivity contribution in [2.24, 2.45) is 0 Å². The van der Waals surface area contributed by atoms with Crippen LogP contribution in [0.2, 0.25) is 0 Å². The molecular formula is C26H27N3O2S. The Morgan fingerprint density at radius 2 is 1.88 bits per heavy atom. The molecule has 0 bridgehead atoms. The van der Waals surface area contributed by atoms with Crippen LogP contribution < -0.4 is 10.9 Å². The van der Waals surface area contributed by atoms with Gasteiger partial charge < -0.3 is 19.6 Å². The highest BCUT2D eigenvalue weighted by Crippen LogP contribution is 2.19. The fourth-order valence-electron chi connectivity index (χ4n) is 3.92. The Labute approximate surface area is 193 Å². The summed E-state index contributed by atoms with van der Waals surface area (Å²) < 4.78 is 5.54. The number of aromatic nitrogens is 1. The standard InChI is InChI=1S/C26H27N3O2S/c1-18-13-19(2)24-21(14-18)15-22(25(30)28-24)16-29(17-23-9-6-12-31-23)26(32)27-11-10-20-7-4-3-5-8-20/h3-9,12-15H,10-11,16-17H2,1-2H3,(H,27,32)(H,28,30). The number of aromatic amines is 1. The largest absolute Gasteiger partial charge is 0.467 e. The number of nitrogens with zero attached hydrogens (tertiary/aromatic N) is 1. The van der Waals surface area contributed by atoms with Gasteiger partial charge in [-0.15, -0.1) is 0 Å². The molecule has 0 spiro atoms. The first-order valence-electron chi connectivity index (χ1n) is 10.7. The predicted molar refractivity (Wildman–Crippen MR) is 133 cm³/mol. The molecule has 5 nitrogen and oxygen atoms in total. The fourth-order valence-corrected chi connectivity index (χ4v) is 4.15. The second-order valence-corrected chi connectivity index (χ2v) is 8.46. The average Bonchev–Trinajstić information content (AvgIpc) is 3.28. The van der Waals surface area contributed by atoms with Crippen molar-refractivity contribution in [3.05, 3.63) is 105 Å². The van der Waals surface area contributed by atoms with Gasteiger partial charge in [0.2, 0.25) is 0 Å². The molecule has 0 aliphatic rings. The lowest BCUT2D eigenvalue weighted by Gasteiger charge is -2.25. The van der Waals surface area contributed by atoms with Crippen molar-refractivity contribution < 1.29 is 4.42 Å². The van der Waals surface area contributed by atoms with Gasteiger partial charge in [-0.1, -0.05) is 42.0 Å². The van der Waals surface area contributed by atoms with Crippen molar-refractivity contribution in [2.75, 3.05) is 6.54 Å². The molecule has 0 saturated carbocycles. The first kappa shape index (κ1) is 21.8. The molecule has 0 unspecified atom stereocenters. The van der Waals surface area contributed by atoms with Gasteiger partial charge >= 0.3 is 0 Å². The lowest BCUT2D eigenvalue weighted by Crippen LogP contribution is -2.40. The summed E-state index contributed by atoms with van der Waals surface area (Å²) >= 11 is 5.70. The summed E-state index contributed by atoms with van der Waals surface area (Å²) in [6.45, 7) is 5.65. The highest BCUT2D eigenvalue weighted by Gasteiger charge is 2.15. The number of fused-ring (bicyclic) bond motifs is 1. The summed E-state index contributed by atoms with van der Waals surface area (Å²) in [5.74, 6) is 0.793. The zero-order valence-electron chi connectivity index (χ0n) is 18.4. The monoisotopic (exact) mass is 445 g/mol. The van der Waals surface area contributed by atoms with Crippen molar-refractivity contribution in [1.82, 2.24) is 15.2 Å². The molecule has 0 fully saturated rings. The molecule has 6 heteroatoms. The van der Waals surface area contributed by atoms with Gasteiger partial charge in [0.15, 0.2) is 5.11 Å². The van der Waals surface area contributed by atoms with E-state index in [4.69, 9.17) is 16.6 Å². The Balaban J connectivity index is 1.54. The molecule has 2 N–H and O–H groups in total. The SMILES string of the molecule is Cc1cc(C)c2[nH]c(=O)c(CN(Cc3ccco3)C(=S)NCCc3ccccc3)cc2c1. The molecule has 2 aromatic carbocycles. The van der Waals surface area contributed by atoms with Gasteiger partial charge in [-0.2, -0.15) is 0 Å². The van der Waals surface area contributed by atoms with E-state index >= 15 is 0 Å². The van der Waals surface area contributed by atoms with Gasteiger partial charge in [-0.3, -0.25) is 4.79 Å². The lowest BCUT2D eigenvalue weighted by molar-refractivity contribution is 0.350. The van der Waals surface area contributed by atoms with Gasteiger partial charge in [-0.05, 0) is 73.3 Å². The molecule has 0 atom stereocenters. The van der Waals surface area contributed by atoms with E-state index in [-0.39, 0.29) is 5.56 Å². The minimum absolute atomic E-state index is 0.0963. The lowest BCUT2D eigenvalue weighted by atomic mass is 10.1. The predicted octanol–water partition coefficient (Wildman–Crippen LogP) is 4.86. The van der Waals surface area contributed by atoms with Crippen molar-refractivity contribution in [3.63, 3.8) is 0 Å². The quantitative estimate of drug-likeness (QED) is 0.398. The Kier molecular flexibility index (Phi) is 6.71. The molecular weight excluding hydrogens is 418 g/mol. The van der Waals surface area contributed by atoms with Crippen LogP contribution in [0.1, 0.15) is 28.0 Å². The van der Waals surface area contributed by atoms with Crippen LogP contribution in [0.15, 0.2) is 76.1 Å². The number of hydrogen-bond acceptors (Lipinski definition) is 3. The first-order chi connectivity index (χ1) is 15.5. The Morgan fingerprint density at radius 1 is 1.06 bits per heavy atom. The molecule has 0 saturated heterocycles. The van der Waals surface area contributed by atoms with Gasteiger partial charge in [0.05, 0.1) is 24.9 Å². The van der Waals surface area contributed by atoms with Gasteiger partial charge in [0, 0.05) is 12.1 Å². The molecule has 4 aromatic rings. The number of hydrogen-bond donors (Lipinski definition) is 2. The van der Waals surface area contributed by atoms with Crippen molar-refractivity contribution in [2.45, 2.75) is 33.4 Å². The molecule has 4 rings (SSSR count). The maximum absolute atomic E-state index is 12.9. The number of thiocarbonyl (C=S) groups is 1. The van der Waals surface area contributed by atoms with Gasteiger partial charge in [0.1, 0.15) is 5.76 Å². The number of aryl methyl sites for hydroxylation is 2. The Hall–Kier alpha value is -3.38. The molecule has 2 aromatic heterocycles. The maximum atomic E-state index is 12.9. The summed E-state index contributed by atoms with van der Waals surface area (Å²) in [6.07, 6.45) is 2.51. The summed E-state index contributed by atoms with van der Waals surface area (Å²) in [5, 5.41) is 4.96. The second kappa shape index (κ2) is 9.83. The summed E-state index contributed by atoms with van der Waals surface area (Å²) in [7, 11) is 0. The molecule has 0 aliphatic carbocycles. The number of benzene rings is 2. The number of nitrogens with one attached hydrogen (secondary N) is 2. The summed E-state index contributed by atoms with van der Waals surface area (Å²) in [4.78, 5) is 17.9. The van der Waals surface area contributed by atoms with Crippen molar-refractivity contribution in [1.29, 1.82) is 0 Å². The number of furan rings is 1. The summed E-state index contributed by atoms with van der Waals surface area (Å²) in [6, 6.07) is 20.2. The van der Waals surface area contributed by atoms with Crippen LogP contribution in [0.3, 0.4) is 0 Å². The fraction of sp³-hybridized carbons (Fsp3) is 0.231. The minimum Gasteiger partial charge on any atom is -0.467 e. The third-order valence-electron chi connectivity index (χ3n) is 5.48. The number of rotatable bonds is 7. The zero-order valence-corrected chi connectivity index (χ0v) is 19.2. The van der Waals surface area contributed by atoms with Crippen LogP contribution in [0.4, 0.5) is 0 Å². The third kappa shape index (κ3) is 5.26. The van der Waals surface area contributed by atoms with Crippen LogP contribution in [-0.2, 0) is 19.5 Å². The molecule has 0 radical (unpaired) electrons. The molecule has 164 valence electrons. The van der Waals surface area contributed by atoms with E-state index in [9.17, 15) is 4.79 Å². The molecule has 32 heavy (non-hydrogen) atoms. The molecule has 0 aliphatic heterocycles. The second-order valence-electron chi connectivity index (χ2n) is 8.07. The smallest absolute Gasteiger partial charge is 0.253 e. The van der Waals surface area contributed by atoms with Crippen LogP contribution in [0.5, 0.6) is 0 Å². The highest BCUT2D eigenvalue weighted by molar-refractivity contribution is 7.80. The number of pyridine rings is 1. The van der Waals surface area contributed by atoms with E-state index in [1.807, 2.05) is 48.2 Å². The maximum Gasteiger partial charge on any atom is 0.253 e. The minimum atomic E-state index is -0.0963. The van der Waals surface area contributed by atoms with E-state index in [0.717, 1.165) is 28.6 Å². The third-order valence-corrected chi connectivity index (χ3v) is 5.88. The normalized spacial score (nSPS) is 10.9. The molecule has 0 amide bonds. The van der Waals surface area contributed by atoms with Crippen LogP contribution >= 0.6 is 12.2 Å². The highest BCUT2D eigenvalue weighted by atomic mass is 32.1.